The highest BCUT2D eigenvalue weighted by Gasteiger charge is 2.57. The molecule has 1 spiro atoms. The number of hydrogen-bond donors (Lipinski definition) is 1. The zero-order valence-corrected chi connectivity index (χ0v) is 11.9. The fourth-order valence-electron chi connectivity index (χ4n) is 3.32. The number of halogens is 3. The van der Waals surface area contributed by atoms with Crippen LogP contribution >= 0.6 is 11.3 Å². The largest absolute Gasteiger partial charge is 0.401 e. The monoisotopic (exact) mass is 305 g/mol. The van der Waals surface area contributed by atoms with Crippen molar-refractivity contribution >= 4 is 11.3 Å². The van der Waals surface area contributed by atoms with E-state index >= 15 is 0 Å². The van der Waals surface area contributed by atoms with E-state index in [1.165, 1.54) is 11.3 Å². The van der Waals surface area contributed by atoms with Gasteiger partial charge in [-0.2, -0.15) is 13.2 Å². The zero-order chi connectivity index (χ0) is 14.2. The first-order chi connectivity index (χ1) is 9.49. The molecule has 2 heterocycles. The number of rotatable bonds is 4. The molecular formula is C13H18F3N3S. The van der Waals surface area contributed by atoms with E-state index in [4.69, 9.17) is 0 Å². The normalized spacial score (nSPS) is 25.3. The molecule has 0 radical (unpaired) electrons. The summed E-state index contributed by atoms with van der Waals surface area (Å²) in [5, 5.41) is 5.87. The van der Waals surface area contributed by atoms with Gasteiger partial charge in [-0.3, -0.25) is 4.90 Å². The predicted molar refractivity (Wildman–Crippen MR) is 71.5 cm³/mol. The van der Waals surface area contributed by atoms with Crippen LogP contribution in [-0.2, 0) is 6.54 Å². The zero-order valence-electron chi connectivity index (χ0n) is 11.1. The Bertz CT molecular complexity index is 440. The Morgan fingerprint density at radius 2 is 2.15 bits per heavy atom. The Morgan fingerprint density at radius 1 is 1.40 bits per heavy atom. The topological polar surface area (TPSA) is 28.2 Å². The predicted octanol–water partition coefficient (Wildman–Crippen LogP) is 2.65. The lowest BCUT2D eigenvalue weighted by Gasteiger charge is -2.29. The first kappa shape index (κ1) is 14.3. The van der Waals surface area contributed by atoms with Gasteiger partial charge in [0.25, 0.3) is 0 Å². The third-order valence-electron chi connectivity index (χ3n) is 4.39. The van der Waals surface area contributed by atoms with Crippen LogP contribution in [0, 0.1) is 5.41 Å². The van der Waals surface area contributed by atoms with Crippen molar-refractivity contribution < 1.29 is 13.2 Å². The van der Waals surface area contributed by atoms with Gasteiger partial charge in [-0.25, -0.2) is 4.98 Å². The van der Waals surface area contributed by atoms with Crippen molar-refractivity contribution in [3.8, 4) is 0 Å². The van der Waals surface area contributed by atoms with Crippen molar-refractivity contribution in [2.24, 2.45) is 5.41 Å². The van der Waals surface area contributed by atoms with Gasteiger partial charge in [-0.1, -0.05) is 0 Å². The molecular weight excluding hydrogens is 287 g/mol. The first-order valence-corrected chi connectivity index (χ1v) is 7.76. The van der Waals surface area contributed by atoms with Crippen molar-refractivity contribution in [3.63, 3.8) is 0 Å². The van der Waals surface area contributed by atoms with E-state index in [0.717, 1.165) is 37.4 Å². The number of nitrogens with one attached hydrogen (secondary N) is 1. The number of alkyl halides is 3. The van der Waals surface area contributed by atoms with Crippen LogP contribution in [-0.4, -0.2) is 41.7 Å². The highest BCUT2D eigenvalue weighted by atomic mass is 32.1. The highest BCUT2D eigenvalue weighted by molar-refractivity contribution is 7.09. The van der Waals surface area contributed by atoms with Gasteiger partial charge in [0.05, 0.1) is 13.1 Å². The second-order valence-electron chi connectivity index (χ2n) is 5.78. The van der Waals surface area contributed by atoms with E-state index in [0.29, 0.717) is 6.54 Å². The first-order valence-electron chi connectivity index (χ1n) is 6.88. The minimum atomic E-state index is -4.14. The van der Waals surface area contributed by atoms with E-state index in [1.54, 1.807) is 11.1 Å². The van der Waals surface area contributed by atoms with Crippen LogP contribution in [0.3, 0.4) is 0 Å². The van der Waals surface area contributed by atoms with Crippen molar-refractivity contribution in [2.75, 3.05) is 19.6 Å². The van der Waals surface area contributed by atoms with Crippen molar-refractivity contribution in [3.05, 3.63) is 16.6 Å². The van der Waals surface area contributed by atoms with E-state index < -0.39 is 12.7 Å². The van der Waals surface area contributed by atoms with Gasteiger partial charge in [0.2, 0.25) is 0 Å². The summed E-state index contributed by atoms with van der Waals surface area (Å²) in [7, 11) is 0. The van der Waals surface area contributed by atoms with Gasteiger partial charge >= 0.3 is 6.18 Å². The van der Waals surface area contributed by atoms with Crippen LogP contribution in [0.2, 0.25) is 0 Å². The summed E-state index contributed by atoms with van der Waals surface area (Å²) in [5.74, 6) is 0. The summed E-state index contributed by atoms with van der Waals surface area (Å²) in [4.78, 5) is 5.71. The Morgan fingerprint density at radius 3 is 2.75 bits per heavy atom. The number of nitrogens with zero attached hydrogens (tertiary/aromatic N) is 2. The van der Waals surface area contributed by atoms with Gasteiger partial charge in [-0.15, -0.1) is 11.3 Å². The van der Waals surface area contributed by atoms with Crippen LogP contribution in [0.15, 0.2) is 11.6 Å². The maximum absolute atomic E-state index is 12.8. The molecule has 1 aromatic rings. The van der Waals surface area contributed by atoms with Crippen molar-refractivity contribution in [1.82, 2.24) is 15.2 Å². The number of piperidine rings is 1. The molecule has 1 saturated carbocycles. The van der Waals surface area contributed by atoms with Crippen LogP contribution in [0.4, 0.5) is 13.2 Å². The summed E-state index contributed by atoms with van der Waals surface area (Å²) >= 11 is 1.43. The van der Waals surface area contributed by atoms with Gasteiger partial charge in [0, 0.05) is 17.6 Å². The third kappa shape index (κ3) is 3.15. The van der Waals surface area contributed by atoms with Crippen molar-refractivity contribution in [2.45, 2.75) is 38.0 Å². The maximum atomic E-state index is 12.8. The third-order valence-corrected chi connectivity index (χ3v) is 5.16. The fourth-order valence-corrected chi connectivity index (χ4v) is 3.96. The van der Waals surface area contributed by atoms with Gasteiger partial charge in [0.1, 0.15) is 5.01 Å². The second kappa shape index (κ2) is 5.27. The van der Waals surface area contributed by atoms with Crippen LogP contribution in [0.1, 0.15) is 24.3 Å². The van der Waals surface area contributed by atoms with E-state index in [9.17, 15) is 13.2 Å². The SMILES string of the molecule is FC(F)(F)CN(Cc1nccs1)C1CC12CCNCC2. The summed E-state index contributed by atoms with van der Waals surface area (Å²) in [5.41, 5.74) is 0.119. The van der Waals surface area contributed by atoms with E-state index in [-0.39, 0.29) is 11.5 Å². The molecule has 20 heavy (non-hydrogen) atoms. The molecule has 1 atom stereocenters. The molecule has 2 fully saturated rings. The van der Waals surface area contributed by atoms with E-state index in [2.05, 4.69) is 10.3 Å². The molecule has 1 aromatic heterocycles. The number of aromatic nitrogens is 1. The molecule has 1 aliphatic heterocycles. The lowest BCUT2D eigenvalue weighted by molar-refractivity contribution is -0.149. The van der Waals surface area contributed by atoms with Gasteiger partial charge in [-0.05, 0) is 37.8 Å². The summed E-state index contributed by atoms with van der Waals surface area (Å²) in [6.07, 6.45) is 0.386. The molecule has 3 nitrogen and oxygen atoms in total. The molecule has 1 saturated heterocycles. The van der Waals surface area contributed by atoms with Crippen molar-refractivity contribution in [1.29, 1.82) is 0 Å². The molecule has 3 rings (SSSR count). The standard InChI is InChI=1S/C13H18F3N3S/c14-13(15,16)9-19(8-11-18-5-6-20-11)10-7-12(10)1-3-17-4-2-12/h5-6,10,17H,1-4,7-9H2. The minimum absolute atomic E-state index is 0.0649. The lowest BCUT2D eigenvalue weighted by Crippen LogP contribution is -2.40. The summed E-state index contributed by atoms with van der Waals surface area (Å²) in [6.45, 7) is 1.34. The Labute approximate surface area is 120 Å². The Kier molecular flexibility index (Phi) is 3.77. The smallest absolute Gasteiger partial charge is 0.317 e. The molecule has 0 bridgehead atoms. The molecule has 1 aliphatic carbocycles. The summed E-state index contributed by atoms with van der Waals surface area (Å²) in [6, 6.07) is 0.0649. The quantitative estimate of drug-likeness (QED) is 0.927. The summed E-state index contributed by atoms with van der Waals surface area (Å²) < 4.78 is 38.4. The molecule has 0 amide bonds. The average molecular weight is 305 g/mol. The van der Waals surface area contributed by atoms with Gasteiger partial charge < -0.3 is 5.32 Å². The van der Waals surface area contributed by atoms with Crippen LogP contribution in [0.25, 0.3) is 0 Å². The fraction of sp³-hybridized carbons (Fsp3) is 0.769. The van der Waals surface area contributed by atoms with Gasteiger partial charge in [0.15, 0.2) is 0 Å². The second-order valence-corrected chi connectivity index (χ2v) is 6.76. The number of hydrogen-bond acceptors (Lipinski definition) is 4. The molecule has 2 aliphatic rings. The molecule has 112 valence electrons. The highest BCUT2D eigenvalue weighted by Crippen LogP contribution is 2.56. The Hall–Kier alpha value is -0.660. The van der Waals surface area contributed by atoms with Crippen LogP contribution in [0.5, 0.6) is 0 Å². The average Bonchev–Trinajstić information content (AvgIpc) is 2.83. The lowest BCUT2D eigenvalue weighted by atomic mass is 9.93. The number of thiazole rings is 1. The van der Waals surface area contributed by atoms with E-state index in [1.807, 2.05) is 5.38 Å². The minimum Gasteiger partial charge on any atom is -0.317 e. The molecule has 1 N–H and O–H groups in total. The van der Waals surface area contributed by atoms with Crippen LogP contribution < -0.4 is 5.32 Å². The molecule has 1 unspecified atom stereocenters. The molecule has 0 aromatic carbocycles. The maximum Gasteiger partial charge on any atom is 0.401 e. The Balaban J connectivity index is 1.69. The molecule has 7 heteroatoms.